The van der Waals surface area contributed by atoms with Crippen LogP contribution in [0.1, 0.15) is 61.4 Å². The van der Waals surface area contributed by atoms with Gasteiger partial charge in [0.2, 0.25) is 5.91 Å². The Bertz CT molecular complexity index is 623. The summed E-state index contributed by atoms with van der Waals surface area (Å²) in [5.41, 5.74) is 1.28. The van der Waals surface area contributed by atoms with E-state index in [0.717, 1.165) is 37.7 Å². The molecule has 1 fully saturated rings. The molecule has 1 aromatic rings. The lowest BCUT2D eigenvalue weighted by Gasteiger charge is -2.22. The number of benzene rings is 1. The van der Waals surface area contributed by atoms with Crippen molar-refractivity contribution in [2.24, 2.45) is 0 Å². The molecule has 2 rings (SSSR count). The molecule has 0 aliphatic carbocycles. The van der Waals surface area contributed by atoms with Crippen LogP contribution in [0.4, 0.5) is 0 Å². The molecule has 2 atom stereocenters. The van der Waals surface area contributed by atoms with Crippen LogP contribution >= 0.6 is 0 Å². The summed E-state index contributed by atoms with van der Waals surface area (Å²) in [6.45, 7) is 2.74. The highest BCUT2D eigenvalue weighted by Gasteiger charge is 2.28. The Kier molecular flexibility index (Phi) is 7.85. The second-order valence-corrected chi connectivity index (χ2v) is 6.89. The summed E-state index contributed by atoms with van der Waals surface area (Å²) >= 11 is 0. The number of carboxylic acids is 1. The smallest absolute Gasteiger partial charge is 0.335 e. The third-order valence-corrected chi connectivity index (χ3v) is 4.88. The third-order valence-electron chi connectivity index (χ3n) is 4.88. The van der Waals surface area contributed by atoms with Crippen LogP contribution in [0, 0.1) is 0 Å². The van der Waals surface area contributed by atoms with Gasteiger partial charge >= 0.3 is 5.97 Å². The first-order valence-electron chi connectivity index (χ1n) is 9.49. The molecule has 26 heavy (non-hydrogen) atoms. The van der Waals surface area contributed by atoms with Gasteiger partial charge in [-0.1, -0.05) is 50.5 Å². The number of hydrogen-bond donors (Lipinski definition) is 2. The van der Waals surface area contributed by atoms with Gasteiger partial charge in [0, 0.05) is 13.0 Å². The number of carbonyl (C=O) groups is 2. The molecule has 1 saturated heterocycles. The minimum Gasteiger partial charge on any atom is -0.478 e. The van der Waals surface area contributed by atoms with Crippen LogP contribution in [0.15, 0.2) is 36.4 Å². The normalized spacial score (nSPS) is 18.6. The number of nitrogens with zero attached hydrogens (tertiary/aromatic N) is 1. The Hall–Kier alpha value is -2.14. The molecule has 142 valence electrons. The maximum Gasteiger partial charge on any atom is 0.335 e. The minimum atomic E-state index is -0.936. The summed E-state index contributed by atoms with van der Waals surface area (Å²) in [5, 5.41) is 19.0. The van der Waals surface area contributed by atoms with Gasteiger partial charge in [-0.25, -0.2) is 4.79 Å². The summed E-state index contributed by atoms with van der Waals surface area (Å²) < 4.78 is 0. The van der Waals surface area contributed by atoms with E-state index in [9.17, 15) is 14.7 Å². The lowest BCUT2D eigenvalue weighted by atomic mass is 10.1. The summed E-state index contributed by atoms with van der Waals surface area (Å²) in [5.74, 6) is -0.795. The number of rotatable bonds is 10. The van der Waals surface area contributed by atoms with Gasteiger partial charge in [0.25, 0.3) is 0 Å². The molecule has 1 aromatic carbocycles. The molecule has 1 aliphatic heterocycles. The molecule has 5 nitrogen and oxygen atoms in total. The van der Waals surface area contributed by atoms with Crippen molar-refractivity contribution in [2.45, 2.75) is 64.0 Å². The molecular formula is C21H29NO4. The number of hydrogen-bond acceptors (Lipinski definition) is 3. The predicted octanol–water partition coefficient (Wildman–Crippen LogP) is 3.42. The Morgan fingerprint density at radius 2 is 2.04 bits per heavy atom. The van der Waals surface area contributed by atoms with Crippen LogP contribution in [0.25, 0.3) is 0 Å². The first-order valence-corrected chi connectivity index (χ1v) is 9.49. The van der Waals surface area contributed by atoms with Crippen molar-refractivity contribution in [3.8, 4) is 0 Å². The molecule has 0 saturated carbocycles. The van der Waals surface area contributed by atoms with Gasteiger partial charge in [0.05, 0.1) is 17.7 Å². The lowest BCUT2D eigenvalue weighted by Crippen LogP contribution is -2.33. The lowest BCUT2D eigenvalue weighted by molar-refractivity contribution is -0.128. The molecule has 0 aromatic heterocycles. The average molecular weight is 359 g/mol. The molecule has 1 amide bonds. The van der Waals surface area contributed by atoms with E-state index >= 15 is 0 Å². The van der Waals surface area contributed by atoms with Gasteiger partial charge in [0.1, 0.15) is 0 Å². The maximum atomic E-state index is 12.2. The molecular weight excluding hydrogens is 330 g/mol. The summed E-state index contributed by atoms with van der Waals surface area (Å²) in [6.07, 6.45) is 9.41. The van der Waals surface area contributed by atoms with Crippen LogP contribution in [-0.4, -0.2) is 45.7 Å². The Balaban J connectivity index is 1.87. The van der Waals surface area contributed by atoms with Crippen LogP contribution in [-0.2, 0) is 11.2 Å². The summed E-state index contributed by atoms with van der Waals surface area (Å²) in [7, 11) is 0. The fourth-order valence-corrected chi connectivity index (χ4v) is 3.27. The van der Waals surface area contributed by atoms with E-state index in [4.69, 9.17) is 5.11 Å². The van der Waals surface area contributed by atoms with Crippen LogP contribution < -0.4 is 0 Å². The predicted molar refractivity (Wildman–Crippen MR) is 101 cm³/mol. The first-order chi connectivity index (χ1) is 12.5. The van der Waals surface area contributed by atoms with Crippen molar-refractivity contribution in [3.05, 3.63) is 47.5 Å². The van der Waals surface area contributed by atoms with Gasteiger partial charge in [0.15, 0.2) is 0 Å². The number of carboxylic acid groups (broad SMARTS) is 1. The number of carbonyl (C=O) groups excluding carboxylic acids is 1. The number of aliphatic hydroxyl groups is 1. The summed E-state index contributed by atoms with van der Waals surface area (Å²) in [6, 6.07) is 6.82. The van der Waals surface area contributed by atoms with Crippen molar-refractivity contribution >= 4 is 11.9 Å². The van der Waals surface area contributed by atoms with Crippen molar-refractivity contribution in [3.63, 3.8) is 0 Å². The van der Waals surface area contributed by atoms with Gasteiger partial charge in [-0.15, -0.1) is 0 Å². The number of likely N-dealkylation sites (tertiary alicyclic amines) is 1. The third kappa shape index (κ3) is 5.99. The Morgan fingerprint density at radius 1 is 1.31 bits per heavy atom. The Labute approximate surface area is 155 Å². The highest BCUT2D eigenvalue weighted by Crippen LogP contribution is 2.21. The summed E-state index contributed by atoms with van der Waals surface area (Å²) in [4.78, 5) is 24.9. The number of aromatic carboxylic acids is 1. The zero-order chi connectivity index (χ0) is 18.9. The fourth-order valence-electron chi connectivity index (χ4n) is 3.27. The standard InChI is InChI=1S/C21H29NO4/c1-2-3-4-5-19(23)12-10-18-11-13-20(24)22(18)15-14-16-6-8-17(9-7-16)21(25)26/h6-10,12,18-19,23H,2-5,11,13-15H2,1H3,(H,25,26)/t18?,19-/m1/s1. The van der Waals surface area contributed by atoms with Crippen molar-refractivity contribution in [1.29, 1.82) is 0 Å². The Morgan fingerprint density at radius 3 is 2.69 bits per heavy atom. The first kappa shape index (κ1) is 20.2. The van der Waals surface area contributed by atoms with E-state index in [1.807, 2.05) is 17.1 Å². The SMILES string of the molecule is CCCCC[C@@H](O)C=CC1CCC(=O)N1CCc1ccc(C(=O)O)cc1. The molecule has 5 heteroatoms. The van der Waals surface area contributed by atoms with E-state index in [-0.39, 0.29) is 17.5 Å². The highest BCUT2D eigenvalue weighted by atomic mass is 16.4. The number of unbranched alkanes of at least 4 members (excludes halogenated alkanes) is 2. The molecule has 1 unspecified atom stereocenters. The molecule has 0 bridgehead atoms. The van der Waals surface area contributed by atoms with E-state index in [0.29, 0.717) is 19.4 Å². The van der Waals surface area contributed by atoms with Gasteiger partial charge in [-0.3, -0.25) is 4.79 Å². The van der Waals surface area contributed by atoms with Gasteiger partial charge in [-0.05, 0) is 37.0 Å². The quantitative estimate of drug-likeness (QED) is 0.496. The minimum absolute atomic E-state index is 0.0432. The van der Waals surface area contributed by atoms with E-state index < -0.39 is 12.1 Å². The zero-order valence-electron chi connectivity index (χ0n) is 15.4. The molecule has 0 radical (unpaired) electrons. The van der Waals surface area contributed by atoms with E-state index in [1.54, 1.807) is 24.3 Å². The average Bonchev–Trinajstić information content (AvgIpc) is 2.98. The molecule has 2 N–H and O–H groups in total. The topological polar surface area (TPSA) is 77.8 Å². The van der Waals surface area contributed by atoms with Crippen LogP contribution in [0.3, 0.4) is 0 Å². The van der Waals surface area contributed by atoms with E-state index in [1.165, 1.54) is 0 Å². The zero-order valence-corrected chi connectivity index (χ0v) is 15.4. The second kappa shape index (κ2) is 10.1. The molecule has 1 heterocycles. The van der Waals surface area contributed by atoms with E-state index in [2.05, 4.69) is 6.92 Å². The molecule has 1 aliphatic rings. The van der Waals surface area contributed by atoms with Crippen molar-refractivity contribution < 1.29 is 19.8 Å². The van der Waals surface area contributed by atoms with Gasteiger partial charge in [-0.2, -0.15) is 0 Å². The fraction of sp³-hybridized carbons (Fsp3) is 0.524. The van der Waals surface area contributed by atoms with Gasteiger partial charge < -0.3 is 15.1 Å². The van der Waals surface area contributed by atoms with Crippen LogP contribution in [0.5, 0.6) is 0 Å². The van der Waals surface area contributed by atoms with Crippen molar-refractivity contribution in [2.75, 3.05) is 6.54 Å². The highest BCUT2D eigenvalue weighted by molar-refractivity contribution is 5.87. The monoisotopic (exact) mass is 359 g/mol. The maximum absolute atomic E-state index is 12.2. The second-order valence-electron chi connectivity index (χ2n) is 6.89. The van der Waals surface area contributed by atoms with Crippen LogP contribution in [0.2, 0.25) is 0 Å². The number of amides is 1. The van der Waals surface area contributed by atoms with Crippen molar-refractivity contribution in [1.82, 2.24) is 4.90 Å². The molecule has 0 spiro atoms. The number of aliphatic hydroxyl groups excluding tert-OH is 1. The largest absolute Gasteiger partial charge is 0.478 e.